The van der Waals surface area contributed by atoms with Crippen molar-refractivity contribution in [3.63, 3.8) is 0 Å². The summed E-state index contributed by atoms with van der Waals surface area (Å²) in [5.41, 5.74) is 5.64. The van der Waals surface area contributed by atoms with E-state index in [1.807, 2.05) is 0 Å². The summed E-state index contributed by atoms with van der Waals surface area (Å²) in [4.78, 5) is 10.9. The minimum absolute atomic E-state index is 0.0641. The summed E-state index contributed by atoms with van der Waals surface area (Å²) < 4.78 is 0.602. The first-order chi connectivity index (χ1) is 6.58. The number of rotatable bonds is 1. The van der Waals surface area contributed by atoms with Crippen LogP contribution in [0, 0.1) is 10.1 Å². The Labute approximate surface area is 88.9 Å². The highest BCUT2D eigenvalue weighted by Gasteiger charge is 2.15. The lowest BCUT2D eigenvalue weighted by atomic mass is 10.2. The predicted octanol–water partition coefficient (Wildman–Crippen LogP) is 2.68. The number of fused-ring (bicyclic) bond motifs is 1. The highest BCUT2D eigenvalue weighted by Crippen LogP contribution is 2.36. The number of hydrogen-bond donors (Lipinski definition) is 2. The van der Waals surface area contributed by atoms with Gasteiger partial charge in [-0.3, -0.25) is 10.1 Å². The first-order valence-electron chi connectivity index (χ1n) is 3.74. The third-order valence-electron chi connectivity index (χ3n) is 1.80. The second kappa shape index (κ2) is 3.14. The zero-order valence-electron chi connectivity index (χ0n) is 6.93. The molecule has 2 aromatic rings. The maximum absolute atomic E-state index is 10.7. The molecule has 0 fully saturated rings. The van der Waals surface area contributed by atoms with Gasteiger partial charge in [-0.15, -0.1) is 24.0 Å². The molecular weight excluding hydrogens is 220 g/mol. The molecule has 0 saturated carbocycles. The van der Waals surface area contributed by atoms with Gasteiger partial charge >= 0.3 is 0 Å². The standard InChI is InChI=1S/C8H6N2O2S2/c9-7-2-4-1-5(13)3-6(10(11)12)8(4)14-7/h1-3,13H,9H2. The van der Waals surface area contributed by atoms with Gasteiger partial charge in [0.25, 0.3) is 5.69 Å². The lowest BCUT2D eigenvalue weighted by Crippen LogP contribution is -1.87. The number of nitro benzene ring substituents is 1. The molecule has 0 aliphatic carbocycles. The summed E-state index contributed by atoms with van der Waals surface area (Å²) in [7, 11) is 0. The molecule has 2 rings (SSSR count). The molecule has 1 aromatic heterocycles. The Bertz CT molecular complexity index is 521. The summed E-state index contributed by atoms with van der Waals surface area (Å²) >= 11 is 5.31. The molecule has 1 aromatic carbocycles. The van der Waals surface area contributed by atoms with Gasteiger partial charge in [0.2, 0.25) is 0 Å². The summed E-state index contributed by atoms with van der Waals surface area (Å²) in [5, 5.41) is 12.1. The summed E-state index contributed by atoms with van der Waals surface area (Å²) in [6, 6.07) is 4.91. The monoisotopic (exact) mass is 226 g/mol. The molecular formula is C8H6N2O2S2. The SMILES string of the molecule is Nc1cc2cc(S)cc([N+](=O)[O-])c2s1. The van der Waals surface area contributed by atoms with Gasteiger partial charge in [-0.25, -0.2) is 0 Å². The lowest BCUT2D eigenvalue weighted by molar-refractivity contribution is -0.383. The molecule has 6 heteroatoms. The van der Waals surface area contributed by atoms with Crippen LogP contribution in [-0.2, 0) is 0 Å². The average molecular weight is 226 g/mol. The molecule has 1 heterocycles. The van der Waals surface area contributed by atoms with E-state index in [0.29, 0.717) is 14.6 Å². The molecule has 4 nitrogen and oxygen atoms in total. The maximum Gasteiger partial charge on any atom is 0.288 e. The number of non-ortho nitro benzene ring substituents is 1. The first-order valence-corrected chi connectivity index (χ1v) is 5.01. The summed E-state index contributed by atoms with van der Waals surface area (Å²) in [6.45, 7) is 0. The highest BCUT2D eigenvalue weighted by atomic mass is 32.1. The van der Waals surface area contributed by atoms with Crippen molar-refractivity contribution in [3.05, 3.63) is 28.3 Å². The third-order valence-corrected chi connectivity index (χ3v) is 3.06. The third kappa shape index (κ3) is 1.42. The van der Waals surface area contributed by atoms with Crippen molar-refractivity contribution < 1.29 is 4.92 Å². The topological polar surface area (TPSA) is 69.2 Å². The van der Waals surface area contributed by atoms with Crippen LogP contribution in [0.4, 0.5) is 10.7 Å². The molecule has 0 aliphatic rings. The van der Waals surface area contributed by atoms with E-state index in [0.717, 1.165) is 5.39 Å². The van der Waals surface area contributed by atoms with Crippen LogP contribution in [0.5, 0.6) is 0 Å². The fourth-order valence-corrected chi connectivity index (χ4v) is 2.43. The van der Waals surface area contributed by atoms with E-state index in [1.54, 1.807) is 12.1 Å². The molecule has 0 spiro atoms. The Balaban J connectivity index is 2.85. The van der Waals surface area contributed by atoms with Crippen LogP contribution in [0.2, 0.25) is 0 Å². The van der Waals surface area contributed by atoms with E-state index in [-0.39, 0.29) is 5.69 Å². The van der Waals surface area contributed by atoms with Gasteiger partial charge in [-0.05, 0) is 12.1 Å². The van der Waals surface area contributed by atoms with E-state index in [2.05, 4.69) is 12.6 Å². The molecule has 0 unspecified atom stereocenters. The number of hydrogen-bond acceptors (Lipinski definition) is 5. The maximum atomic E-state index is 10.7. The van der Waals surface area contributed by atoms with E-state index >= 15 is 0 Å². The van der Waals surface area contributed by atoms with Crippen LogP contribution < -0.4 is 5.73 Å². The normalized spacial score (nSPS) is 10.6. The summed E-state index contributed by atoms with van der Waals surface area (Å²) in [5.74, 6) is 0. The van der Waals surface area contributed by atoms with Crippen LogP contribution in [0.3, 0.4) is 0 Å². The Morgan fingerprint density at radius 1 is 1.43 bits per heavy atom. The van der Waals surface area contributed by atoms with Crippen LogP contribution in [-0.4, -0.2) is 4.92 Å². The smallest absolute Gasteiger partial charge is 0.288 e. The lowest BCUT2D eigenvalue weighted by Gasteiger charge is -1.94. The van der Waals surface area contributed by atoms with Crippen molar-refractivity contribution in [1.29, 1.82) is 0 Å². The Morgan fingerprint density at radius 3 is 2.79 bits per heavy atom. The second-order valence-corrected chi connectivity index (χ2v) is 4.39. The molecule has 0 radical (unpaired) electrons. The van der Waals surface area contributed by atoms with Crippen molar-refractivity contribution in [2.24, 2.45) is 0 Å². The number of nitrogen functional groups attached to an aromatic ring is 1. The van der Waals surface area contributed by atoms with Crippen molar-refractivity contribution in [1.82, 2.24) is 0 Å². The molecule has 0 aliphatic heterocycles. The van der Waals surface area contributed by atoms with Crippen molar-refractivity contribution in [3.8, 4) is 0 Å². The van der Waals surface area contributed by atoms with Crippen molar-refractivity contribution in [2.75, 3.05) is 5.73 Å². The molecule has 0 atom stereocenters. The van der Waals surface area contributed by atoms with E-state index in [9.17, 15) is 10.1 Å². The number of nitrogens with two attached hydrogens (primary N) is 1. The number of benzene rings is 1. The van der Waals surface area contributed by atoms with Crippen LogP contribution in [0.15, 0.2) is 23.1 Å². The van der Waals surface area contributed by atoms with Crippen LogP contribution >= 0.6 is 24.0 Å². The van der Waals surface area contributed by atoms with Crippen molar-refractivity contribution >= 4 is 44.7 Å². The zero-order chi connectivity index (χ0) is 10.3. The van der Waals surface area contributed by atoms with Crippen LogP contribution in [0.25, 0.3) is 10.1 Å². The van der Waals surface area contributed by atoms with E-state index in [4.69, 9.17) is 5.73 Å². The quantitative estimate of drug-likeness (QED) is 0.446. The van der Waals surface area contributed by atoms with E-state index < -0.39 is 4.92 Å². The Hall–Kier alpha value is -1.27. The fraction of sp³-hybridized carbons (Fsp3) is 0. The number of thiol groups is 1. The molecule has 0 bridgehead atoms. The largest absolute Gasteiger partial charge is 0.391 e. The fourth-order valence-electron chi connectivity index (χ4n) is 1.27. The number of nitro groups is 1. The average Bonchev–Trinajstić information content (AvgIpc) is 2.42. The van der Waals surface area contributed by atoms with Crippen LogP contribution in [0.1, 0.15) is 0 Å². The molecule has 0 amide bonds. The van der Waals surface area contributed by atoms with Gasteiger partial charge in [0.05, 0.1) is 9.92 Å². The first kappa shape index (κ1) is 9.29. The van der Waals surface area contributed by atoms with Gasteiger partial charge in [0.15, 0.2) is 0 Å². The molecule has 72 valence electrons. The van der Waals surface area contributed by atoms with Gasteiger partial charge in [0.1, 0.15) is 4.70 Å². The Kier molecular flexibility index (Phi) is 2.09. The van der Waals surface area contributed by atoms with Crippen molar-refractivity contribution in [2.45, 2.75) is 4.90 Å². The van der Waals surface area contributed by atoms with E-state index in [1.165, 1.54) is 17.4 Å². The van der Waals surface area contributed by atoms with Gasteiger partial charge in [-0.2, -0.15) is 0 Å². The summed E-state index contributed by atoms with van der Waals surface area (Å²) in [6.07, 6.45) is 0. The van der Waals surface area contributed by atoms with Gasteiger partial charge in [-0.1, -0.05) is 0 Å². The highest BCUT2D eigenvalue weighted by molar-refractivity contribution is 7.80. The Morgan fingerprint density at radius 2 is 2.14 bits per heavy atom. The van der Waals surface area contributed by atoms with Gasteiger partial charge < -0.3 is 5.73 Å². The molecule has 0 saturated heterocycles. The number of anilines is 1. The molecule has 2 N–H and O–H groups in total. The number of nitrogens with zero attached hydrogens (tertiary/aromatic N) is 1. The molecule has 14 heavy (non-hydrogen) atoms. The second-order valence-electron chi connectivity index (χ2n) is 2.79. The minimum Gasteiger partial charge on any atom is -0.391 e. The number of thiophene rings is 1. The zero-order valence-corrected chi connectivity index (χ0v) is 8.64. The van der Waals surface area contributed by atoms with Gasteiger partial charge in [0, 0.05) is 16.3 Å². The minimum atomic E-state index is -0.419. The predicted molar refractivity (Wildman–Crippen MR) is 60.1 cm³/mol.